The molecule has 0 amide bonds. The van der Waals surface area contributed by atoms with Crippen molar-refractivity contribution in [2.75, 3.05) is 12.0 Å². The minimum Gasteiger partial charge on any atom is -0.0976 e. The second-order valence-electron chi connectivity index (χ2n) is 5.33. The van der Waals surface area contributed by atoms with E-state index in [2.05, 4.69) is 40.9 Å². The van der Waals surface area contributed by atoms with Crippen LogP contribution in [0.15, 0.2) is 0 Å². The van der Waals surface area contributed by atoms with Crippen molar-refractivity contribution in [3.63, 3.8) is 0 Å². The molecule has 0 atom stereocenters. The molecule has 0 N–H and O–H groups in total. The highest BCUT2D eigenvalue weighted by Crippen LogP contribution is 2.37. The van der Waals surface area contributed by atoms with E-state index in [9.17, 15) is 0 Å². The van der Waals surface area contributed by atoms with Gasteiger partial charge in [-0.15, -0.1) is 0 Å². The highest BCUT2D eigenvalue weighted by Gasteiger charge is 2.25. The molecule has 0 rings (SSSR count). The lowest BCUT2D eigenvalue weighted by atomic mass is 9.77. The van der Waals surface area contributed by atoms with Gasteiger partial charge in [0.1, 0.15) is 0 Å². The van der Waals surface area contributed by atoms with E-state index < -0.39 is 0 Å². The van der Waals surface area contributed by atoms with Crippen molar-refractivity contribution >= 4 is 21.6 Å². The first-order valence-electron chi connectivity index (χ1n) is 4.42. The third-order valence-electron chi connectivity index (χ3n) is 1.58. The molecule has 0 aromatic carbocycles. The summed E-state index contributed by atoms with van der Waals surface area (Å²) in [4.78, 5) is 0. The zero-order valence-electron chi connectivity index (χ0n) is 9.23. The van der Waals surface area contributed by atoms with Crippen LogP contribution < -0.4 is 0 Å². The summed E-state index contributed by atoms with van der Waals surface area (Å²) in [5.41, 5.74) is 0.939. The summed E-state index contributed by atoms with van der Waals surface area (Å²) in [6, 6.07) is 0. The lowest BCUT2D eigenvalue weighted by Gasteiger charge is -2.31. The molecule has 0 radical (unpaired) electrons. The van der Waals surface area contributed by atoms with E-state index >= 15 is 0 Å². The highest BCUT2D eigenvalue weighted by atomic mass is 33.1. The topological polar surface area (TPSA) is 0 Å². The van der Waals surface area contributed by atoms with Crippen LogP contribution in [0.3, 0.4) is 0 Å². The van der Waals surface area contributed by atoms with Gasteiger partial charge in [0.05, 0.1) is 0 Å². The summed E-state index contributed by atoms with van der Waals surface area (Å²) < 4.78 is 0. The molecular formula is C10H22S2. The first kappa shape index (κ1) is 12.7. The second kappa shape index (κ2) is 4.80. The fourth-order valence-corrected chi connectivity index (χ4v) is 3.55. The zero-order valence-corrected chi connectivity index (χ0v) is 10.9. The monoisotopic (exact) mass is 206 g/mol. The molecule has 74 valence electrons. The van der Waals surface area contributed by atoms with Crippen LogP contribution in [-0.2, 0) is 0 Å². The number of hydrogen-bond acceptors (Lipinski definition) is 2. The summed E-state index contributed by atoms with van der Waals surface area (Å²) in [5, 5.41) is 0. The Morgan fingerprint density at radius 1 is 1.00 bits per heavy atom. The average molecular weight is 206 g/mol. The predicted octanol–water partition coefficient (Wildman–Crippen LogP) is 4.46. The maximum Gasteiger partial charge on any atom is 0.00884 e. The maximum atomic E-state index is 2.36. The summed E-state index contributed by atoms with van der Waals surface area (Å²) in [7, 11) is 3.84. The molecule has 0 unspecified atom stereocenters. The van der Waals surface area contributed by atoms with Gasteiger partial charge in [0.2, 0.25) is 0 Å². The molecular weight excluding hydrogens is 184 g/mol. The van der Waals surface area contributed by atoms with Gasteiger partial charge < -0.3 is 0 Å². The molecule has 0 aromatic heterocycles. The van der Waals surface area contributed by atoms with E-state index in [1.54, 1.807) is 0 Å². The van der Waals surface area contributed by atoms with Gasteiger partial charge in [0.15, 0.2) is 0 Å². The molecule has 12 heavy (non-hydrogen) atoms. The van der Waals surface area contributed by atoms with Crippen molar-refractivity contribution in [1.29, 1.82) is 0 Å². The van der Waals surface area contributed by atoms with Crippen LogP contribution in [0.4, 0.5) is 0 Å². The van der Waals surface area contributed by atoms with E-state index in [0.29, 0.717) is 10.8 Å². The summed E-state index contributed by atoms with van der Waals surface area (Å²) in [6.07, 6.45) is 3.45. The van der Waals surface area contributed by atoms with E-state index in [1.807, 2.05) is 21.6 Å². The minimum absolute atomic E-state index is 0.461. The molecule has 0 nitrogen and oxygen atoms in total. The van der Waals surface area contributed by atoms with Gasteiger partial charge in [0, 0.05) is 5.75 Å². The van der Waals surface area contributed by atoms with E-state index in [-0.39, 0.29) is 0 Å². The third-order valence-corrected chi connectivity index (χ3v) is 3.77. The predicted molar refractivity (Wildman–Crippen MR) is 63.8 cm³/mol. The van der Waals surface area contributed by atoms with Crippen LogP contribution in [0.25, 0.3) is 0 Å². The van der Waals surface area contributed by atoms with Gasteiger partial charge in [-0.3, -0.25) is 0 Å². The average Bonchev–Trinajstić information content (AvgIpc) is 1.78. The lowest BCUT2D eigenvalue weighted by molar-refractivity contribution is 0.239. The number of rotatable bonds is 4. The molecule has 0 fully saturated rings. The molecule has 0 aliphatic heterocycles. The molecule has 0 saturated heterocycles. The molecule has 0 aliphatic carbocycles. The fraction of sp³-hybridized carbons (Fsp3) is 1.00. The van der Waals surface area contributed by atoms with Crippen molar-refractivity contribution in [3.8, 4) is 0 Å². The highest BCUT2D eigenvalue weighted by molar-refractivity contribution is 8.76. The second-order valence-corrected chi connectivity index (χ2v) is 7.90. The first-order chi connectivity index (χ1) is 5.27. The largest absolute Gasteiger partial charge is 0.0976 e. The van der Waals surface area contributed by atoms with E-state index in [1.165, 1.54) is 12.2 Å². The Morgan fingerprint density at radius 3 is 1.83 bits per heavy atom. The molecule has 2 heteroatoms. The third kappa shape index (κ3) is 7.35. The van der Waals surface area contributed by atoms with Crippen molar-refractivity contribution < 1.29 is 0 Å². The maximum absolute atomic E-state index is 2.36. The van der Waals surface area contributed by atoms with Crippen LogP contribution in [0.2, 0.25) is 0 Å². The minimum atomic E-state index is 0.461. The fourth-order valence-electron chi connectivity index (χ4n) is 1.71. The smallest absolute Gasteiger partial charge is 0.00884 e. The first-order valence-corrected chi connectivity index (χ1v) is 7.15. The molecule has 0 aliphatic rings. The number of hydrogen-bond donors (Lipinski definition) is 0. The van der Waals surface area contributed by atoms with Crippen molar-refractivity contribution in [2.45, 2.75) is 41.0 Å². The van der Waals surface area contributed by atoms with Gasteiger partial charge >= 0.3 is 0 Å². The Balaban J connectivity index is 3.86. The Hall–Kier alpha value is 0.700. The summed E-state index contributed by atoms with van der Waals surface area (Å²) >= 11 is 0. The van der Waals surface area contributed by atoms with Gasteiger partial charge in [-0.05, 0) is 23.5 Å². The van der Waals surface area contributed by atoms with Crippen LogP contribution in [0, 0.1) is 10.8 Å². The van der Waals surface area contributed by atoms with Gasteiger partial charge in [-0.25, -0.2) is 0 Å². The van der Waals surface area contributed by atoms with Gasteiger partial charge in [-0.1, -0.05) is 56.2 Å². The van der Waals surface area contributed by atoms with Crippen LogP contribution in [0.1, 0.15) is 41.0 Å². The summed E-state index contributed by atoms with van der Waals surface area (Å²) in [6.45, 7) is 11.7. The SMILES string of the molecule is CSSCC(C)(C)CC(C)(C)C. The standard InChI is InChI=1S/C10H22S2/c1-9(2,3)7-10(4,5)8-12-11-6/h7-8H2,1-6H3. The van der Waals surface area contributed by atoms with Crippen LogP contribution in [0.5, 0.6) is 0 Å². The van der Waals surface area contributed by atoms with Crippen molar-refractivity contribution in [3.05, 3.63) is 0 Å². The Labute approximate surface area is 85.7 Å². The molecule has 0 heterocycles. The van der Waals surface area contributed by atoms with Crippen molar-refractivity contribution in [2.24, 2.45) is 10.8 Å². The molecule has 0 bridgehead atoms. The normalized spacial score (nSPS) is 13.5. The van der Waals surface area contributed by atoms with E-state index in [4.69, 9.17) is 0 Å². The molecule has 0 saturated carbocycles. The van der Waals surface area contributed by atoms with Crippen LogP contribution in [-0.4, -0.2) is 12.0 Å². The Bertz CT molecular complexity index is 122. The van der Waals surface area contributed by atoms with Gasteiger partial charge in [-0.2, -0.15) is 0 Å². The Kier molecular flexibility index (Phi) is 5.08. The lowest BCUT2D eigenvalue weighted by Crippen LogP contribution is -2.22. The van der Waals surface area contributed by atoms with Gasteiger partial charge in [0.25, 0.3) is 0 Å². The quantitative estimate of drug-likeness (QED) is 0.623. The zero-order chi connectivity index (χ0) is 9.83. The van der Waals surface area contributed by atoms with E-state index in [0.717, 1.165) is 0 Å². The Morgan fingerprint density at radius 2 is 1.50 bits per heavy atom. The summed E-state index contributed by atoms with van der Waals surface area (Å²) in [5.74, 6) is 1.26. The molecule has 0 spiro atoms. The van der Waals surface area contributed by atoms with Crippen LogP contribution >= 0.6 is 21.6 Å². The molecule has 0 aromatic rings. The van der Waals surface area contributed by atoms with Crippen molar-refractivity contribution in [1.82, 2.24) is 0 Å².